The molecule has 0 aromatic rings. The van der Waals surface area contributed by atoms with Gasteiger partial charge in [-0.2, -0.15) is 0 Å². The van der Waals surface area contributed by atoms with Crippen LogP contribution in [0.15, 0.2) is 12.7 Å². The molecule has 0 fully saturated rings. The Bertz CT molecular complexity index is 74.1. The standard InChI is InChI=1S/C10H20/c1-4-6-7-9-10(3)8-5-2/h5,10H,2,4,6-9H2,1,3H3/t10-/m0/s1. The fourth-order valence-electron chi connectivity index (χ4n) is 1.15. The molecule has 10 heavy (non-hydrogen) atoms. The Morgan fingerprint density at radius 1 is 1.40 bits per heavy atom. The van der Waals surface area contributed by atoms with E-state index in [2.05, 4.69) is 20.4 Å². The third kappa shape index (κ3) is 5.87. The van der Waals surface area contributed by atoms with Crippen molar-refractivity contribution < 1.29 is 0 Å². The average Bonchev–Trinajstić information content (AvgIpc) is 1.89. The van der Waals surface area contributed by atoms with Crippen LogP contribution in [-0.2, 0) is 0 Å². The second-order valence-electron chi connectivity index (χ2n) is 3.13. The first-order valence-electron chi connectivity index (χ1n) is 4.42. The molecular weight excluding hydrogens is 120 g/mol. The largest absolute Gasteiger partial charge is 0.103 e. The molecule has 0 nitrogen and oxygen atoms in total. The minimum Gasteiger partial charge on any atom is -0.103 e. The van der Waals surface area contributed by atoms with Crippen LogP contribution in [0.25, 0.3) is 0 Å². The molecule has 0 aliphatic heterocycles. The van der Waals surface area contributed by atoms with E-state index in [0.29, 0.717) is 0 Å². The van der Waals surface area contributed by atoms with Crippen LogP contribution in [0.5, 0.6) is 0 Å². The first kappa shape index (κ1) is 9.74. The van der Waals surface area contributed by atoms with E-state index < -0.39 is 0 Å². The van der Waals surface area contributed by atoms with E-state index in [1.807, 2.05) is 6.08 Å². The van der Waals surface area contributed by atoms with Crippen LogP contribution in [0.1, 0.15) is 46.0 Å². The van der Waals surface area contributed by atoms with Crippen LogP contribution in [0.2, 0.25) is 0 Å². The van der Waals surface area contributed by atoms with Gasteiger partial charge in [0.15, 0.2) is 0 Å². The van der Waals surface area contributed by atoms with Crippen molar-refractivity contribution in [1.29, 1.82) is 0 Å². The predicted molar refractivity (Wildman–Crippen MR) is 48.1 cm³/mol. The third-order valence-corrected chi connectivity index (χ3v) is 1.87. The van der Waals surface area contributed by atoms with Gasteiger partial charge in [-0.1, -0.05) is 45.6 Å². The minimum absolute atomic E-state index is 0.851. The Labute approximate surface area is 65.3 Å². The molecule has 0 amide bonds. The quantitative estimate of drug-likeness (QED) is 0.389. The highest BCUT2D eigenvalue weighted by Crippen LogP contribution is 2.12. The summed E-state index contributed by atoms with van der Waals surface area (Å²) in [6.45, 7) is 8.28. The van der Waals surface area contributed by atoms with Gasteiger partial charge < -0.3 is 0 Å². The Hall–Kier alpha value is -0.260. The van der Waals surface area contributed by atoms with E-state index in [1.54, 1.807) is 0 Å². The van der Waals surface area contributed by atoms with Gasteiger partial charge in [0.2, 0.25) is 0 Å². The molecule has 0 radical (unpaired) electrons. The van der Waals surface area contributed by atoms with Crippen molar-refractivity contribution in [2.75, 3.05) is 0 Å². The third-order valence-electron chi connectivity index (χ3n) is 1.87. The second kappa shape index (κ2) is 6.85. The molecule has 0 aliphatic rings. The molecule has 0 aliphatic carbocycles. The molecule has 0 heterocycles. The molecule has 0 rings (SSSR count). The zero-order valence-electron chi connectivity index (χ0n) is 7.40. The monoisotopic (exact) mass is 140 g/mol. The topological polar surface area (TPSA) is 0 Å². The van der Waals surface area contributed by atoms with E-state index in [-0.39, 0.29) is 0 Å². The van der Waals surface area contributed by atoms with E-state index >= 15 is 0 Å². The summed E-state index contributed by atoms with van der Waals surface area (Å²) in [6, 6.07) is 0. The van der Waals surface area contributed by atoms with Crippen molar-refractivity contribution in [2.24, 2.45) is 5.92 Å². The normalized spacial score (nSPS) is 13.0. The highest BCUT2D eigenvalue weighted by Gasteiger charge is 1.97. The predicted octanol–water partition coefficient (Wildman–Crippen LogP) is 3.78. The summed E-state index contributed by atoms with van der Waals surface area (Å²) in [6.07, 6.45) is 8.70. The van der Waals surface area contributed by atoms with Crippen molar-refractivity contribution in [2.45, 2.75) is 46.0 Å². The zero-order valence-corrected chi connectivity index (χ0v) is 7.40. The highest BCUT2D eigenvalue weighted by molar-refractivity contribution is 4.70. The number of unbranched alkanes of at least 4 members (excludes halogenated alkanes) is 2. The lowest BCUT2D eigenvalue weighted by molar-refractivity contribution is 0.501. The van der Waals surface area contributed by atoms with Gasteiger partial charge in [0.25, 0.3) is 0 Å². The lowest BCUT2D eigenvalue weighted by Gasteiger charge is -2.06. The fraction of sp³-hybridized carbons (Fsp3) is 0.800. The summed E-state index contributed by atoms with van der Waals surface area (Å²) in [7, 11) is 0. The van der Waals surface area contributed by atoms with Gasteiger partial charge in [-0.15, -0.1) is 6.58 Å². The molecule has 0 bridgehead atoms. The molecule has 0 N–H and O–H groups in total. The number of rotatable bonds is 6. The molecule has 0 heteroatoms. The summed E-state index contributed by atoms with van der Waals surface area (Å²) < 4.78 is 0. The lowest BCUT2D eigenvalue weighted by Crippen LogP contribution is -1.91. The molecule has 0 saturated heterocycles. The Morgan fingerprint density at radius 2 is 2.10 bits per heavy atom. The Kier molecular flexibility index (Phi) is 6.68. The van der Waals surface area contributed by atoms with Crippen molar-refractivity contribution >= 4 is 0 Å². The summed E-state index contributed by atoms with van der Waals surface area (Å²) in [5.74, 6) is 0.851. The first-order chi connectivity index (χ1) is 4.81. The average molecular weight is 140 g/mol. The van der Waals surface area contributed by atoms with Gasteiger partial charge in [0.05, 0.1) is 0 Å². The van der Waals surface area contributed by atoms with Crippen molar-refractivity contribution in [3.8, 4) is 0 Å². The van der Waals surface area contributed by atoms with Crippen LogP contribution in [0.4, 0.5) is 0 Å². The van der Waals surface area contributed by atoms with E-state index in [0.717, 1.165) is 5.92 Å². The fourth-order valence-corrected chi connectivity index (χ4v) is 1.15. The summed E-state index contributed by atoms with van der Waals surface area (Å²) in [4.78, 5) is 0. The maximum atomic E-state index is 3.73. The lowest BCUT2D eigenvalue weighted by atomic mass is 10.0. The molecule has 0 aromatic carbocycles. The number of allylic oxidation sites excluding steroid dienone is 1. The number of hydrogen-bond acceptors (Lipinski definition) is 0. The maximum Gasteiger partial charge on any atom is -0.0328 e. The summed E-state index contributed by atoms with van der Waals surface area (Å²) in [5, 5.41) is 0. The Balaban J connectivity index is 3.04. The van der Waals surface area contributed by atoms with E-state index in [4.69, 9.17) is 0 Å². The molecular formula is C10H20. The highest BCUT2D eigenvalue weighted by atomic mass is 14.0. The van der Waals surface area contributed by atoms with E-state index in [9.17, 15) is 0 Å². The van der Waals surface area contributed by atoms with Crippen molar-refractivity contribution in [3.63, 3.8) is 0 Å². The van der Waals surface area contributed by atoms with Gasteiger partial charge in [-0.05, 0) is 12.3 Å². The zero-order chi connectivity index (χ0) is 7.82. The molecule has 60 valence electrons. The van der Waals surface area contributed by atoms with Crippen molar-refractivity contribution in [3.05, 3.63) is 12.7 Å². The maximum absolute atomic E-state index is 3.73. The van der Waals surface area contributed by atoms with Crippen LogP contribution in [-0.4, -0.2) is 0 Å². The summed E-state index contributed by atoms with van der Waals surface area (Å²) >= 11 is 0. The smallest absolute Gasteiger partial charge is 0.0328 e. The Morgan fingerprint density at radius 3 is 2.60 bits per heavy atom. The van der Waals surface area contributed by atoms with Crippen LogP contribution < -0.4 is 0 Å². The van der Waals surface area contributed by atoms with Crippen LogP contribution in [0.3, 0.4) is 0 Å². The minimum atomic E-state index is 0.851. The molecule has 0 spiro atoms. The van der Waals surface area contributed by atoms with E-state index in [1.165, 1.54) is 32.1 Å². The molecule has 0 unspecified atom stereocenters. The summed E-state index contributed by atoms with van der Waals surface area (Å²) in [5.41, 5.74) is 0. The van der Waals surface area contributed by atoms with Crippen LogP contribution >= 0.6 is 0 Å². The van der Waals surface area contributed by atoms with Gasteiger partial charge in [0, 0.05) is 0 Å². The van der Waals surface area contributed by atoms with Gasteiger partial charge in [-0.3, -0.25) is 0 Å². The van der Waals surface area contributed by atoms with Gasteiger partial charge >= 0.3 is 0 Å². The van der Waals surface area contributed by atoms with Gasteiger partial charge in [-0.25, -0.2) is 0 Å². The van der Waals surface area contributed by atoms with Crippen molar-refractivity contribution in [1.82, 2.24) is 0 Å². The molecule has 0 saturated carbocycles. The molecule has 0 aromatic heterocycles. The SMILES string of the molecule is C=CC[C@H](C)CCCCC. The second-order valence-corrected chi connectivity index (χ2v) is 3.13. The van der Waals surface area contributed by atoms with Gasteiger partial charge in [0.1, 0.15) is 0 Å². The number of hydrogen-bond donors (Lipinski definition) is 0. The van der Waals surface area contributed by atoms with Crippen LogP contribution in [0, 0.1) is 5.92 Å². The first-order valence-corrected chi connectivity index (χ1v) is 4.42. The molecule has 1 atom stereocenters.